The van der Waals surface area contributed by atoms with Crippen molar-refractivity contribution in [1.82, 2.24) is 4.90 Å². The zero-order chi connectivity index (χ0) is 17.3. The van der Waals surface area contributed by atoms with Crippen molar-refractivity contribution in [2.45, 2.75) is 42.5 Å². The fraction of sp³-hybridized carbons (Fsp3) is 0.571. The number of rotatable bonds is 0. The zero-order valence-corrected chi connectivity index (χ0v) is 14.6. The second-order valence-corrected chi connectivity index (χ2v) is 8.93. The minimum atomic E-state index is -0.854. The van der Waals surface area contributed by atoms with Gasteiger partial charge in [0.05, 0.1) is 30.6 Å². The Morgan fingerprint density at radius 1 is 1.27 bits per heavy atom. The van der Waals surface area contributed by atoms with Crippen LogP contribution in [0.2, 0.25) is 0 Å². The van der Waals surface area contributed by atoms with Gasteiger partial charge in [0, 0.05) is 24.7 Å². The standard InChI is InChI=1S/C21H22N2O3/c24-17-9-16-18-13-10-21(25)20(6-7-22(21)11-12(13)5-8-26-16)14-3-1-2-4-15(14)23(17)19(18)20/h1-5,13,16,18-19,25H,6-11H2/t13-,16-,18-,19-,20-,21+/m0/s1. The van der Waals surface area contributed by atoms with Gasteiger partial charge in [-0.3, -0.25) is 9.69 Å². The second-order valence-electron chi connectivity index (χ2n) is 8.93. The third-order valence-corrected chi connectivity index (χ3v) is 8.35. The molecule has 5 heteroatoms. The Labute approximate surface area is 152 Å². The van der Waals surface area contributed by atoms with Crippen LogP contribution in [0, 0.1) is 11.8 Å². The minimum Gasteiger partial charge on any atom is -0.375 e. The molecule has 5 heterocycles. The van der Waals surface area contributed by atoms with E-state index >= 15 is 0 Å². The highest BCUT2D eigenvalue weighted by molar-refractivity contribution is 5.99. The van der Waals surface area contributed by atoms with E-state index in [1.54, 1.807) is 0 Å². The van der Waals surface area contributed by atoms with Gasteiger partial charge in [-0.05, 0) is 30.4 Å². The van der Waals surface area contributed by atoms with E-state index in [0.717, 1.165) is 31.6 Å². The van der Waals surface area contributed by atoms with Crippen LogP contribution < -0.4 is 4.90 Å². The van der Waals surface area contributed by atoms with E-state index in [2.05, 4.69) is 34.1 Å². The van der Waals surface area contributed by atoms with Gasteiger partial charge in [-0.2, -0.15) is 0 Å². The number of benzene rings is 1. The van der Waals surface area contributed by atoms with Crippen molar-refractivity contribution >= 4 is 11.6 Å². The van der Waals surface area contributed by atoms with E-state index in [1.165, 1.54) is 11.1 Å². The summed E-state index contributed by atoms with van der Waals surface area (Å²) in [6, 6.07) is 8.32. The quantitative estimate of drug-likeness (QED) is 0.719. The number of hydrogen-bond donors (Lipinski definition) is 1. The summed E-state index contributed by atoms with van der Waals surface area (Å²) in [5.41, 5.74) is 2.40. The molecule has 4 fully saturated rings. The average molecular weight is 350 g/mol. The number of para-hydroxylation sites is 1. The molecule has 3 saturated heterocycles. The molecule has 0 unspecified atom stereocenters. The summed E-state index contributed by atoms with van der Waals surface area (Å²) in [6.45, 7) is 2.34. The molecule has 5 nitrogen and oxygen atoms in total. The van der Waals surface area contributed by atoms with Gasteiger partial charge in [0.25, 0.3) is 0 Å². The summed E-state index contributed by atoms with van der Waals surface area (Å²) in [5.74, 6) is 0.769. The first kappa shape index (κ1) is 14.4. The minimum absolute atomic E-state index is 0.0155. The number of piperidine rings is 2. The zero-order valence-electron chi connectivity index (χ0n) is 14.6. The van der Waals surface area contributed by atoms with Crippen molar-refractivity contribution in [3.63, 3.8) is 0 Å². The predicted octanol–water partition coefficient (Wildman–Crippen LogP) is 1.41. The Kier molecular flexibility index (Phi) is 2.34. The Balaban J connectivity index is 1.58. The van der Waals surface area contributed by atoms with Crippen LogP contribution in [0.4, 0.5) is 5.69 Å². The predicted molar refractivity (Wildman–Crippen MR) is 94.6 cm³/mol. The summed E-state index contributed by atoms with van der Waals surface area (Å²) < 4.78 is 6.20. The highest BCUT2D eigenvalue weighted by Crippen LogP contribution is 2.68. The lowest BCUT2D eigenvalue weighted by atomic mass is 9.52. The lowest BCUT2D eigenvalue weighted by molar-refractivity contribution is -0.197. The smallest absolute Gasteiger partial charge is 0.229 e. The van der Waals surface area contributed by atoms with Gasteiger partial charge >= 0.3 is 0 Å². The number of ether oxygens (including phenoxy) is 1. The van der Waals surface area contributed by atoms with Gasteiger partial charge < -0.3 is 14.7 Å². The largest absolute Gasteiger partial charge is 0.375 e. The van der Waals surface area contributed by atoms with Crippen LogP contribution in [-0.4, -0.2) is 53.5 Å². The summed E-state index contributed by atoms with van der Waals surface area (Å²) in [5, 5.41) is 12.1. The molecule has 1 N–H and O–H groups in total. The molecule has 7 rings (SSSR count). The number of hydrogen-bond acceptors (Lipinski definition) is 4. The maximum absolute atomic E-state index is 13.2. The summed E-state index contributed by atoms with van der Waals surface area (Å²) in [7, 11) is 0. The molecule has 1 spiro atoms. The van der Waals surface area contributed by atoms with Crippen molar-refractivity contribution < 1.29 is 14.6 Å². The van der Waals surface area contributed by atoms with Crippen molar-refractivity contribution in [2.75, 3.05) is 24.6 Å². The molecule has 1 aliphatic carbocycles. The van der Waals surface area contributed by atoms with E-state index in [0.29, 0.717) is 18.9 Å². The van der Waals surface area contributed by atoms with Crippen LogP contribution in [0.3, 0.4) is 0 Å². The maximum Gasteiger partial charge on any atom is 0.229 e. The van der Waals surface area contributed by atoms with E-state index < -0.39 is 5.72 Å². The second kappa shape index (κ2) is 4.24. The van der Waals surface area contributed by atoms with Gasteiger partial charge in [-0.15, -0.1) is 0 Å². The summed E-state index contributed by atoms with van der Waals surface area (Å²) >= 11 is 0. The van der Waals surface area contributed by atoms with E-state index in [9.17, 15) is 9.90 Å². The lowest BCUT2D eigenvalue weighted by Gasteiger charge is -2.62. The van der Waals surface area contributed by atoms with Gasteiger partial charge in [0.15, 0.2) is 0 Å². The van der Waals surface area contributed by atoms with Crippen LogP contribution in [-0.2, 0) is 14.9 Å². The molecule has 6 aliphatic rings. The molecule has 0 aromatic heterocycles. The van der Waals surface area contributed by atoms with Crippen LogP contribution in [0.1, 0.15) is 24.8 Å². The summed E-state index contributed by atoms with van der Waals surface area (Å²) in [6.07, 6.45) is 4.36. The first-order valence-electron chi connectivity index (χ1n) is 9.85. The first-order valence-corrected chi connectivity index (χ1v) is 9.85. The molecule has 6 atom stereocenters. The van der Waals surface area contributed by atoms with Crippen LogP contribution in [0.25, 0.3) is 0 Å². The van der Waals surface area contributed by atoms with Gasteiger partial charge in [-0.1, -0.05) is 29.8 Å². The topological polar surface area (TPSA) is 53.0 Å². The van der Waals surface area contributed by atoms with Crippen molar-refractivity contribution in [2.24, 2.45) is 11.8 Å². The Morgan fingerprint density at radius 3 is 3.08 bits per heavy atom. The van der Waals surface area contributed by atoms with Gasteiger partial charge in [0.1, 0.15) is 5.72 Å². The van der Waals surface area contributed by atoms with E-state index in [1.807, 2.05) is 6.07 Å². The van der Waals surface area contributed by atoms with Gasteiger partial charge in [0.2, 0.25) is 5.91 Å². The lowest BCUT2D eigenvalue weighted by Crippen LogP contribution is -2.74. The number of carbonyl (C=O) groups is 1. The van der Waals surface area contributed by atoms with Crippen molar-refractivity contribution in [3.05, 3.63) is 41.5 Å². The number of anilines is 1. The molecule has 1 aromatic carbocycles. The van der Waals surface area contributed by atoms with Crippen LogP contribution >= 0.6 is 0 Å². The molecular formula is C21H22N2O3. The molecule has 26 heavy (non-hydrogen) atoms. The molecule has 5 aliphatic heterocycles. The highest BCUT2D eigenvalue weighted by atomic mass is 16.5. The van der Waals surface area contributed by atoms with Gasteiger partial charge in [-0.25, -0.2) is 0 Å². The van der Waals surface area contributed by atoms with E-state index in [-0.39, 0.29) is 29.4 Å². The maximum atomic E-state index is 13.2. The highest BCUT2D eigenvalue weighted by Gasteiger charge is 2.76. The third-order valence-electron chi connectivity index (χ3n) is 8.35. The fourth-order valence-corrected chi connectivity index (χ4v) is 7.53. The molecular weight excluding hydrogens is 328 g/mol. The molecule has 2 bridgehead atoms. The van der Waals surface area contributed by atoms with Crippen LogP contribution in [0.15, 0.2) is 35.9 Å². The molecule has 1 amide bonds. The Hall–Kier alpha value is -1.69. The molecule has 134 valence electrons. The number of amides is 1. The number of nitrogens with zero attached hydrogens (tertiary/aromatic N) is 2. The summed E-state index contributed by atoms with van der Waals surface area (Å²) in [4.78, 5) is 17.5. The molecule has 0 radical (unpaired) electrons. The number of fused-ring (bicyclic) bond motifs is 2. The average Bonchev–Trinajstić information content (AvgIpc) is 3.05. The van der Waals surface area contributed by atoms with Crippen LogP contribution in [0.5, 0.6) is 0 Å². The Bertz CT molecular complexity index is 897. The normalized spacial score (nSPS) is 47.5. The first-order chi connectivity index (χ1) is 12.6. The van der Waals surface area contributed by atoms with Crippen molar-refractivity contribution in [1.29, 1.82) is 0 Å². The molecule has 1 saturated carbocycles. The third kappa shape index (κ3) is 1.27. The molecule has 1 aromatic rings. The fourth-order valence-electron chi connectivity index (χ4n) is 7.53. The van der Waals surface area contributed by atoms with E-state index in [4.69, 9.17) is 4.74 Å². The SMILES string of the molecule is O=C1C[C@@H]2OCC=C3CN4CC[C@]56c7ccccc7N1[C@H]5[C@H]2[C@H]3C[C@]46O. The number of carbonyl (C=O) groups excluding carboxylic acids is 1. The number of aliphatic hydroxyl groups is 1. The Morgan fingerprint density at radius 2 is 2.15 bits per heavy atom. The van der Waals surface area contributed by atoms with Crippen molar-refractivity contribution in [3.8, 4) is 0 Å². The monoisotopic (exact) mass is 350 g/mol.